The number of nitrogens with zero attached hydrogens (tertiary/aromatic N) is 2. The standard InChI is InChI=1S/C52H77N3O9/c1-5-8-9-10-11-12-13-14-15-23-34-61-51(59)55(30-6-2)47-37-45(54-60-4)43-35-40(26-19-21-31-56)42(27-20-22-32-57)48-44-36-41(63-50(58)53-38-39-24-17-16-18-25-39)28-29-46(44)64-52(47,49(43)48)62-33-7-3/h7,16-18,24-25,28-29,35-36,40,42,47-49,56-57H,3,5-6,8-15,19-23,26-27,30-34,37-38H2,1-2,4H3,(H,53,58)/t40-,42+,47-,48+,49+,52+/m0/s1. The van der Waals surface area contributed by atoms with Crippen LogP contribution >= 0.6 is 0 Å². The zero-order chi connectivity index (χ0) is 45.6. The molecule has 0 spiro atoms. The number of hydrogen-bond donors (Lipinski definition) is 3. The molecule has 64 heavy (non-hydrogen) atoms. The van der Waals surface area contributed by atoms with Gasteiger partial charge in [0.25, 0.3) is 0 Å². The van der Waals surface area contributed by atoms with E-state index in [2.05, 4.69) is 30.1 Å². The van der Waals surface area contributed by atoms with Gasteiger partial charge in [0.15, 0.2) is 0 Å². The van der Waals surface area contributed by atoms with Crippen molar-refractivity contribution in [2.24, 2.45) is 22.9 Å². The molecule has 0 saturated heterocycles. The van der Waals surface area contributed by atoms with Gasteiger partial charge in [0.2, 0.25) is 5.79 Å². The molecule has 1 heterocycles. The molecule has 2 aromatic carbocycles. The van der Waals surface area contributed by atoms with Crippen molar-refractivity contribution in [3.63, 3.8) is 0 Å². The van der Waals surface area contributed by atoms with Crippen LogP contribution in [0.2, 0.25) is 0 Å². The highest BCUT2D eigenvalue weighted by atomic mass is 16.7. The largest absolute Gasteiger partial charge is 0.459 e. The van der Waals surface area contributed by atoms with Crippen LogP contribution in [0.4, 0.5) is 9.59 Å². The lowest BCUT2D eigenvalue weighted by atomic mass is 9.55. The zero-order valence-electron chi connectivity index (χ0n) is 39.0. The molecule has 1 aliphatic heterocycles. The predicted octanol–water partition coefficient (Wildman–Crippen LogP) is 11.0. The maximum Gasteiger partial charge on any atom is 0.412 e. The highest BCUT2D eigenvalue weighted by molar-refractivity contribution is 6.03. The minimum atomic E-state index is -1.39. The number of aliphatic hydroxyl groups is 2. The van der Waals surface area contributed by atoms with E-state index in [0.717, 1.165) is 61.6 Å². The quantitative estimate of drug-likeness (QED) is 0.0412. The van der Waals surface area contributed by atoms with Crippen LogP contribution in [0.15, 0.2) is 78.0 Å². The van der Waals surface area contributed by atoms with Crippen molar-refractivity contribution in [3.8, 4) is 11.5 Å². The van der Waals surface area contributed by atoms with Gasteiger partial charge in [0, 0.05) is 44.2 Å². The van der Waals surface area contributed by atoms with Crippen molar-refractivity contribution in [1.82, 2.24) is 10.2 Å². The molecule has 0 unspecified atom stereocenters. The van der Waals surface area contributed by atoms with Crippen molar-refractivity contribution in [3.05, 3.63) is 84.0 Å². The Morgan fingerprint density at radius 3 is 2.28 bits per heavy atom. The highest BCUT2D eigenvalue weighted by Gasteiger charge is 2.65. The Labute approximate surface area is 382 Å². The van der Waals surface area contributed by atoms with Crippen LogP contribution in [0.5, 0.6) is 11.5 Å². The number of oxime groups is 1. The van der Waals surface area contributed by atoms with Crippen LogP contribution in [0.25, 0.3) is 0 Å². The van der Waals surface area contributed by atoms with Gasteiger partial charge in [-0.15, -0.1) is 6.58 Å². The molecule has 2 aromatic rings. The van der Waals surface area contributed by atoms with E-state index in [1.54, 1.807) is 24.2 Å². The third-order valence-corrected chi connectivity index (χ3v) is 13.1. The number of nitrogens with one attached hydrogen (secondary N) is 1. The smallest absolute Gasteiger partial charge is 0.412 e. The summed E-state index contributed by atoms with van der Waals surface area (Å²) in [5.74, 6) is -1.07. The van der Waals surface area contributed by atoms with Gasteiger partial charge in [-0.05, 0) is 79.7 Å². The van der Waals surface area contributed by atoms with Crippen LogP contribution in [-0.2, 0) is 20.9 Å². The normalized spacial score (nSPS) is 22.7. The molecule has 12 nitrogen and oxygen atoms in total. The molecule has 5 rings (SSSR count). The summed E-state index contributed by atoms with van der Waals surface area (Å²) < 4.78 is 26.3. The van der Waals surface area contributed by atoms with Crippen molar-refractivity contribution in [2.75, 3.05) is 40.1 Å². The number of benzene rings is 2. The van der Waals surface area contributed by atoms with Gasteiger partial charge in [-0.2, -0.15) is 0 Å². The fourth-order valence-corrected chi connectivity index (χ4v) is 10.2. The van der Waals surface area contributed by atoms with E-state index in [0.29, 0.717) is 62.6 Å². The zero-order valence-corrected chi connectivity index (χ0v) is 39.0. The first-order valence-corrected chi connectivity index (χ1v) is 24.4. The van der Waals surface area contributed by atoms with E-state index < -0.39 is 29.9 Å². The number of carbonyl (C=O) groups is 2. The molecular formula is C52H77N3O9. The molecule has 1 fully saturated rings. The second-order valence-electron chi connectivity index (χ2n) is 17.7. The van der Waals surface area contributed by atoms with Crippen LogP contribution in [0.3, 0.4) is 0 Å². The first-order valence-electron chi connectivity index (χ1n) is 24.4. The Morgan fingerprint density at radius 1 is 0.906 bits per heavy atom. The number of allylic oxidation sites excluding steroid dienone is 1. The fraction of sp³-hybridized carbons (Fsp3) is 0.635. The fourth-order valence-electron chi connectivity index (χ4n) is 10.2. The van der Waals surface area contributed by atoms with Gasteiger partial charge in [-0.1, -0.05) is 132 Å². The lowest BCUT2D eigenvalue weighted by Gasteiger charge is -2.59. The summed E-state index contributed by atoms with van der Waals surface area (Å²) in [5, 5.41) is 27.3. The van der Waals surface area contributed by atoms with E-state index >= 15 is 0 Å². The Balaban J connectivity index is 1.52. The number of unbranched alkanes of at least 4 members (excludes halogenated alkanes) is 11. The lowest BCUT2D eigenvalue weighted by molar-refractivity contribution is -0.255. The van der Waals surface area contributed by atoms with Gasteiger partial charge < -0.3 is 39.3 Å². The molecule has 12 heteroatoms. The number of fused-ring (bicyclic) bond motifs is 2. The summed E-state index contributed by atoms with van der Waals surface area (Å²) in [6.45, 7) is 9.71. The van der Waals surface area contributed by atoms with Crippen LogP contribution in [0, 0.1) is 17.8 Å². The van der Waals surface area contributed by atoms with E-state index in [1.807, 2.05) is 49.4 Å². The molecule has 3 N–H and O–H groups in total. The van der Waals surface area contributed by atoms with Crippen molar-refractivity contribution in [1.29, 1.82) is 0 Å². The van der Waals surface area contributed by atoms with Gasteiger partial charge in [0.05, 0.1) is 24.8 Å². The van der Waals surface area contributed by atoms with Crippen molar-refractivity contribution < 1.29 is 43.6 Å². The maximum absolute atomic E-state index is 14.5. The van der Waals surface area contributed by atoms with E-state index in [4.69, 9.17) is 23.8 Å². The first-order chi connectivity index (χ1) is 31.3. The third kappa shape index (κ3) is 13.6. The predicted molar refractivity (Wildman–Crippen MR) is 251 cm³/mol. The van der Waals surface area contributed by atoms with Crippen molar-refractivity contribution >= 4 is 17.9 Å². The summed E-state index contributed by atoms with van der Waals surface area (Å²) in [6, 6.07) is 14.5. The molecule has 0 bridgehead atoms. The number of ether oxygens (including phenoxy) is 4. The summed E-state index contributed by atoms with van der Waals surface area (Å²) in [5.41, 5.74) is 3.47. The molecule has 2 amide bonds. The SMILES string of the molecule is C=CCO[C@@]12Oc3ccc(OC(=O)NCc4ccccc4)cc3[C@H]3[C@H](CCCCO)[C@@H](CCCCO)C=C(C(=NOC)C[C@@H]1N(CCC)C(=O)OCCCCCCCCCCCC)[C@H]32. The van der Waals surface area contributed by atoms with Crippen LogP contribution in [0.1, 0.15) is 146 Å². The highest BCUT2D eigenvalue weighted by Crippen LogP contribution is 2.62. The minimum Gasteiger partial charge on any atom is -0.459 e. The number of amides is 2. The molecule has 1 saturated carbocycles. The average molecular weight is 888 g/mol. The van der Waals surface area contributed by atoms with E-state index in [-0.39, 0.29) is 37.6 Å². The summed E-state index contributed by atoms with van der Waals surface area (Å²) >= 11 is 0. The van der Waals surface area contributed by atoms with E-state index in [9.17, 15) is 19.8 Å². The van der Waals surface area contributed by atoms with Gasteiger partial charge >= 0.3 is 12.2 Å². The number of aliphatic hydroxyl groups excluding tert-OH is 2. The Bertz CT molecular complexity index is 1790. The molecule has 0 radical (unpaired) electrons. The molecule has 3 aliphatic rings. The number of carbonyl (C=O) groups excluding carboxylic acids is 2. The Hall–Kier alpha value is -4.39. The van der Waals surface area contributed by atoms with E-state index in [1.165, 1.54) is 44.9 Å². The molecule has 6 atom stereocenters. The van der Waals surface area contributed by atoms with Gasteiger partial charge in [0.1, 0.15) is 24.7 Å². The maximum atomic E-state index is 14.5. The molecule has 2 aliphatic carbocycles. The Kier molecular flexibility index (Phi) is 21.5. The first kappa shape index (κ1) is 50.6. The molecule has 0 aromatic heterocycles. The second-order valence-corrected chi connectivity index (χ2v) is 17.7. The van der Waals surface area contributed by atoms with Gasteiger partial charge in [-0.3, -0.25) is 4.90 Å². The van der Waals surface area contributed by atoms with Crippen molar-refractivity contribution in [2.45, 2.75) is 154 Å². The number of rotatable bonds is 29. The topological polar surface area (TPSA) is 148 Å². The summed E-state index contributed by atoms with van der Waals surface area (Å²) in [7, 11) is 1.54. The molecular weight excluding hydrogens is 811 g/mol. The monoisotopic (exact) mass is 888 g/mol. The number of hydrogen-bond acceptors (Lipinski definition) is 10. The van der Waals surface area contributed by atoms with Crippen LogP contribution < -0.4 is 14.8 Å². The van der Waals surface area contributed by atoms with Gasteiger partial charge in [-0.25, -0.2) is 9.59 Å². The minimum absolute atomic E-state index is 0.0287. The average Bonchev–Trinajstić information content (AvgIpc) is 3.30. The summed E-state index contributed by atoms with van der Waals surface area (Å²) in [4.78, 5) is 35.0. The lowest BCUT2D eigenvalue weighted by Crippen LogP contribution is -2.70. The molecule has 354 valence electrons. The van der Waals surface area contributed by atoms with Crippen LogP contribution in [-0.4, -0.2) is 84.9 Å². The third-order valence-electron chi connectivity index (χ3n) is 13.1. The Morgan fingerprint density at radius 2 is 1.61 bits per heavy atom. The summed E-state index contributed by atoms with van der Waals surface area (Å²) in [6.07, 6.45) is 20.4. The second kappa shape index (κ2) is 27.2.